The van der Waals surface area contributed by atoms with Crippen molar-refractivity contribution in [1.29, 1.82) is 0 Å². The maximum Gasteiger partial charge on any atom is 0.226 e. The Kier molecular flexibility index (Phi) is 4.71. The summed E-state index contributed by atoms with van der Waals surface area (Å²) in [6, 6.07) is 10.2. The Bertz CT molecular complexity index is 457. The fourth-order valence-electron chi connectivity index (χ4n) is 3.38. The van der Waals surface area contributed by atoms with Gasteiger partial charge in [0.05, 0.1) is 0 Å². The van der Waals surface area contributed by atoms with Crippen molar-refractivity contribution in [2.75, 3.05) is 20.1 Å². The average Bonchev–Trinajstić information content (AvgIpc) is 3.13. The zero-order valence-electron chi connectivity index (χ0n) is 12.0. The van der Waals surface area contributed by atoms with Gasteiger partial charge in [-0.15, -0.1) is 12.4 Å². The molecule has 110 valence electrons. The molecule has 0 aromatic heterocycles. The molecule has 2 fully saturated rings. The fraction of sp³-hybridized carbons (Fsp3) is 0.562. The van der Waals surface area contributed by atoms with Crippen LogP contribution in [0.4, 0.5) is 0 Å². The zero-order chi connectivity index (χ0) is 13.3. The molecule has 1 aliphatic heterocycles. The van der Waals surface area contributed by atoms with Gasteiger partial charge < -0.3 is 10.2 Å². The highest BCUT2D eigenvalue weighted by molar-refractivity contribution is 5.85. The van der Waals surface area contributed by atoms with Crippen molar-refractivity contribution < 1.29 is 4.79 Å². The van der Waals surface area contributed by atoms with E-state index in [1.807, 2.05) is 30.1 Å². The summed E-state index contributed by atoms with van der Waals surface area (Å²) in [6.45, 7) is 2.88. The highest BCUT2D eigenvalue weighted by Crippen LogP contribution is 2.59. The molecule has 1 aromatic carbocycles. The summed E-state index contributed by atoms with van der Waals surface area (Å²) in [7, 11) is 1.93. The van der Waals surface area contributed by atoms with Gasteiger partial charge in [-0.3, -0.25) is 4.79 Å². The lowest BCUT2D eigenvalue weighted by Crippen LogP contribution is -2.34. The van der Waals surface area contributed by atoms with Crippen LogP contribution >= 0.6 is 12.4 Å². The highest BCUT2D eigenvalue weighted by Gasteiger charge is 2.58. The van der Waals surface area contributed by atoms with Gasteiger partial charge in [-0.25, -0.2) is 0 Å². The van der Waals surface area contributed by atoms with Crippen LogP contribution in [0.15, 0.2) is 30.3 Å². The first-order valence-corrected chi connectivity index (χ1v) is 7.21. The summed E-state index contributed by atoms with van der Waals surface area (Å²) in [5.41, 5.74) is 1.55. The molecule has 3 nitrogen and oxygen atoms in total. The summed E-state index contributed by atoms with van der Waals surface area (Å²) >= 11 is 0. The Hall–Kier alpha value is -1.06. The van der Waals surface area contributed by atoms with E-state index in [1.165, 1.54) is 18.4 Å². The van der Waals surface area contributed by atoms with Gasteiger partial charge in [0, 0.05) is 19.5 Å². The van der Waals surface area contributed by atoms with Gasteiger partial charge in [-0.2, -0.15) is 0 Å². The number of hydrogen-bond acceptors (Lipinski definition) is 2. The Morgan fingerprint density at radius 3 is 2.60 bits per heavy atom. The van der Waals surface area contributed by atoms with Crippen LogP contribution in [-0.2, 0) is 11.3 Å². The molecule has 1 aromatic rings. The minimum Gasteiger partial charge on any atom is -0.341 e. The van der Waals surface area contributed by atoms with Crippen molar-refractivity contribution in [2.45, 2.75) is 25.8 Å². The third kappa shape index (κ3) is 2.99. The molecule has 1 saturated heterocycles. The van der Waals surface area contributed by atoms with Crippen molar-refractivity contribution in [1.82, 2.24) is 10.2 Å². The van der Waals surface area contributed by atoms with Gasteiger partial charge in [0.15, 0.2) is 0 Å². The first-order valence-electron chi connectivity index (χ1n) is 7.21. The largest absolute Gasteiger partial charge is 0.341 e. The van der Waals surface area contributed by atoms with E-state index in [2.05, 4.69) is 17.4 Å². The Labute approximate surface area is 127 Å². The van der Waals surface area contributed by atoms with Crippen LogP contribution in [0.25, 0.3) is 0 Å². The lowest BCUT2D eigenvalue weighted by molar-refractivity contribution is -0.132. The second-order valence-corrected chi connectivity index (χ2v) is 6.05. The van der Waals surface area contributed by atoms with E-state index in [4.69, 9.17) is 0 Å². The van der Waals surface area contributed by atoms with Crippen molar-refractivity contribution >= 4 is 18.3 Å². The summed E-state index contributed by atoms with van der Waals surface area (Å²) < 4.78 is 0. The lowest BCUT2D eigenvalue weighted by Gasteiger charge is -2.25. The number of carbonyl (C=O) groups excluding carboxylic acids is 1. The molecule has 2 aliphatic rings. The second-order valence-electron chi connectivity index (χ2n) is 6.05. The van der Waals surface area contributed by atoms with Crippen molar-refractivity contribution in [3.63, 3.8) is 0 Å². The molecule has 1 saturated carbocycles. The van der Waals surface area contributed by atoms with Crippen molar-refractivity contribution in [2.24, 2.45) is 11.3 Å². The van der Waals surface area contributed by atoms with Crippen LogP contribution in [0.1, 0.15) is 24.8 Å². The van der Waals surface area contributed by atoms with Gasteiger partial charge in [-0.1, -0.05) is 30.3 Å². The van der Waals surface area contributed by atoms with Gasteiger partial charge >= 0.3 is 0 Å². The number of carbonyl (C=O) groups is 1. The van der Waals surface area contributed by atoms with E-state index in [0.29, 0.717) is 11.3 Å². The molecule has 3 rings (SSSR count). The van der Waals surface area contributed by atoms with Crippen LogP contribution < -0.4 is 5.32 Å². The average molecular weight is 295 g/mol. The molecule has 1 unspecified atom stereocenters. The maximum atomic E-state index is 12.5. The summed E-state index contributed by atoms with van der Waals surface area (Å²) in [6.07, 6.45) is 3.44. The van der Waals surface area contributed by atoms with E-state index in [1.54, 1.807) is 0 Å². The van der Waals surface area contributed by atoms with E-state index in [0.717, 1.165) is 26.1 Å². The molecule has 1 amide bonds. The van der Waals surface area contributed by atoms with Crippen LogP contribution in [0.2, 0.25) is 0 Å². The Morgan fingerprint density at radius 2 is 1.95 bits per heavy atom. The number of piperidine rings is 1. The maximum absolute atomic E-state index is 12.5. The molecule has 1 atom stereocenters. The van der Waals surface area contributed by atoms with E-state index >= 15 is 0 Å². The first kappa shape index (κ1) is 15.3. The first-order chi connectivity index (χ1) is 9.21. The Balaban J connectivity index is 0.00000147. The van der Waals surface area contributed by atoms with Gasteiger partial charge in [0.2, 0.25) is 5.91 Å². The summed E-state index contributed by atoms with van der Waals surface area (Å²) in [5, 5.41) is 3.38. The van der Waals surface area contributed by atoms with E-state index < -0.39 is 0 Å². The van der Waals surface area contributed by atoms with Crippen molar-refractivity contribution in [3.8, 4) is 0 Å². The van der Waals surface area contributed by atoms with Gasteiger partial charge in [0.25, 0.3) is 0 Å². The normalized spacial score (nSPS) is 22.9. The monoisotopic (exact) mass is 294 g/mol. The Morgan fingerprint density at radius 1 is 1.30 bits per heavy atom. The number of rotatable bonds is 3. The van der Waals surface area contributed by atoms with Gasteiger partial charge in [0.1, 0.15) is 0 Å². The smallest absolute Gasteiger partial charge is 0.226 e. The number of nitrogens with zero attached hydrogens (tertiary/aromatic N) is 1. The van der Waals surface area contributed by atoms with Crippen LogP contribution in [0.3, 0.4) is 0 Å². The molecule has 1 N–H and O–H groups in total. The minimum absolute atomic E-state index is 0. The lowest BCUT2D eigenvalue weighted by atomic mass is 9.91. The number of amides is 1. The van der Waals surface area contributed by atoms with E-state index in [9.17, 15) is 4.79 Å². The van der Waals surface area contributed by atoms with E-state index in [-0.39, 0.29) is 18.3 Å². The SMILES string of the molecule is CN(Cc1ccccc1)C(=O)C1CC12CCNCC2.Cl. The highest BCUT2D eigenvalue weighted by atomic mass is 35.5. The number of hydrogen-bond donors (Lipinski definition) is 1. The summed E-state index contributed by atoms with van der Waals surface area (Å²) in [5.74, 6) is 0.620. The molecular weight excluding hydrogens is 272 g/mol. The van der Waals surface area contributed by atoms with Crippen LogP contribution in [0, 0.1) is 11.3 Å². The second kappa shape index (κ2) is 6.15. The molecular formula is C16H23ClN2O. The molecule has 0 radical (unpaired) electrons. The molecule has 0 bridgehead atoms. The number of nitrogens with one attached hydrogen (secondary N) is 1. The number of halogens is 1. The van der Waals surface area contributed by atoms with Crippen LogP contribution in [-0.4, -0.2) is 30.9 Å². The predicted molar refractivity (Wildman–Crippen MR) is 82.8 cm³/mol. The molecule has 20 heavy (non-hydrogen) atoms. The standard InChI is InChI=1S/C16H22N2O.ClH/c1-18(12-13-5-3-2-4-6-13)15(19)14-11-16(14)7-9-17-10-8-16;/h2-6,14,17H,7-12H2,1H3;1H. The van der Waals surface area contributed by atoms with Gasteiger partial charge in [-0.05, 0) is 43.3 Å². The zero-order valence-corrected chi connectivity index (χ0v) is 12.8. The molecule has 1 heterocycles. The molecule has 4 heteroatoms. The molecule has 1 spiro atoms. The topological polar surface area (TPSA) is 32.3 Å². The number of benzene rings is 1. The predicted octanol–water partition coefficient (Wildman–Crippen LogP) is 2.46. The molecule has 1 aliphatic carbocycles. The third-order valence-corrected chi connectivity index (χ3v) is 4.73. The minimum atomic E-state index is 0. The third-order valence-electron chi connectivity index (χ3n) is 4.73. The quantitative estimate of drug-likeness (QED) is 0.929. The van der Waals surface area contributed by atoms with Crippen molar-refractivity contribution in [3.05, 3.63) is 35.9 Å². The summed E-state index contributed by atoms with van der Waals surface area (Å²) in [4.78, 5) is 14.4. The fourth-order valence-corrected chi connectivity index (χ4v) is 3.38. The van der Waals surface area contributed by atoms with Crippen LogP contribution in [0.5, 0.6) is 0 Å².